The lowest BCUT2D eigenvalue weighted by molar-refractivity contribution is 0.273. The fraction of sp³-hybridized carbons (Fsp3) is 0.533. The van der Waals surface area contributed by atoms with Gasteiger partial charge in [0.2, 0.25) is 0 Å². The monoisotopic (exact) mass is 265 g/mol. The Morgan fingerprint density at radius 3 is 2.42 bits per heavy atom. The highest BCUT2D eigenvalue weighted by Crippen LogP contribution is 2.13. The molecule has 0 saturated carbocycles. The van der Waals surface area contributed by atoms with Crippen LogP contribution in [0.4, 0.5) is 0 Å². The molecule has 0 aromatic heterocycles. The number of hydrogen-bond acceptors (Lipinski definition) is 4. The molecular weight excluding hydrogens is 242 g/mol. The molecule has 0 fully saturated rings. The third kappa shape index (κ3) is 6.82. The van der Waals surface area contributed by atoms with Crippen LogP contribution in [0.25, 0.3) is 0 Å². The highest BCUT2D eigenvalue weighted by atomic mass is 16.5. The Bertz CT molecular complexity index is 373. The van der Waals surface area contributed by atoms with E-state index in [0.29, 0.717) is 18.7 Å². The van der Waals surface area contributed by atoms with Gasteiger partial charge in [0.05, 0.1) is 12.3 Å². The van der Waals surface area contributed by atoms with Crippen LogP contribution in [0.5, 0.6) is 5.75 Å². The molecule has 0 atom stereocenters. The van der Waals surface area contributed by atoms with Crippen LogP contribution in [-0.2, 0) is 6.42 Å². The molecule has 0 amide bonds. The van der Waals surface area contributed by atoms with Gasteiger partial charge in [-0.05, 0) is 43.9 Å². The zero-order valence-corrected chi connectivity index (χ0v) is 11.5. The summed E-state index contributed by atoms with van der Waals surface area (Å²) in [5.41, 5.74) is 1.79. The number of aliphatic hydroxyl groups is 1. The van der Waals surface area contributed by atoms with Gasteiger partial charge in [0.25, 0.3) is 0 Å². The summed E-state index contributed by atoms with van der Waals surface area (Å²) >= 11 is 0. The van der Waals surface area contributed by atoms with E-state index in [1.165, 1.54) is 0 Å². The number of aliphatic hydroxyl groups excluding tert-OH is 1. The minimum atomic E-state index is 0.277. The van der Waals surface area contributed by atoms with Crippen LogP contribution in [0.2, 0.25) is 0 Å². The Morgan fingerprint density at radius 1 is 1.11 bits per heavy atom. The molecule has 0 heterocycles. The van der Waals surface area contributed by atoms with Gasteiger partial charge in [-0.3, -0.25) is 0 Å². The number of nitrogens with zero attached hydrogens (tertiary/aromatic N) is 1. The van der Waals surface area contributed by atoms with Gasteiger partial charge in [-0.25, -0.2) is 0 Å². The lowest BCUT2D eigenvalue weighted by atomic mass is 10.1. The lowest BCUT2D eigenvalue weighted by Gasteiger charge is -2.07. The summed E-state index contributed by atoms with van der Waals surface area (Å²) in [6, 6.07) is 7.84. The van der Waals surface area contributed by atoms with Crippen molar-refractivity contribution in [1.29, 1.82) is 0 Å². The Hall–Kier alpha value is -1.55. The molecule has 1 aromatic rings. The first-order valence-electron chi connectivity index (χ1n) is 6.76. The Morgan fingerprint density at radius 2 is 1.79 bits per heavy atom. The molecule has 1 aromatic carbocycles. The summed E-state index contributed by atoms with van der Waals surface area (Å²) in [6.07, 6.45) is 4.68. The standard InChI is InChI=1S/C15H23NO3/c1-13(16-18)12-14-6-8-15(9-7-14)19-11-5-3-2-4-10-17/h6-9,17-18H,2-5,10-12H2,1H3/b16-13-. The van der Waals surface area contributed by atoms with E-state index in [1.807, 2.05) is 24.3 Å². The van der Waals surface area contributed by atoms with Crippen LogP contribution in [0, 0.1) is 0 Å². The highest BCUT2D eigenvalue weighted by Gasteiger charge is 1.98. The van der Waals surface area contributed by atoms with Gasteiger partial charge in [0.15, 0.2) is 0 Å². The summed E-state index contributed by atoms with van der Waals surface area (Å²) in [5.74, 6) is 0.865. The van der Waals surface area contributed by atoms with Crippen LogP contribution < -0.4 is 4.74 Å². The van der Waals surface area contributed by atoms with Crippen LogP contribution in [0.1, 0.15) is 38.2 Å². The minimum Gasteiger partial charge on any atom is -0.494 e. The normalized spacial score (nSPS) is 11.6. The minimum absolute atomic E-state index is 0.277. The van der Waals surface area contributed by atoms with Gasteiger partial charge in [0, 0.05) is 13.0 Å². The predicted octanol–water partition coefficient (Wildman–Crippen LogP) is 3.01. The molecule has 0 aliphatic rings. The van der Waals surface area contributed by atoms with Gasteiger partial charge in [-0.15, -0.1) is 0 Å². The van der Waals surface area contributed by atoms with Gasteiger partial charge in [0.1, 0.15) is 5.75 Å². The Labute approximate surface area is 114 Å². The van der Waals surface area contributed by atoms with E-state index in [1.54, 1.807) is 6.92 Å². The average molecular weight is 265 g/mol. The van der Waals surface area contributed by atoms with E-state index in [9.17, 15) is 0 Å². The van der Waals surface area contributed by atoms with Crippen molar-refractivity contribution < 1.29 is 15.1 Å². The van der Waals surface area contributed by atoms with Crippen molar-refractivity contribution in [1.82, 2.24) is 0 Å². The molecule has 0 radical (unpaired) electrons. The molecule has 2 N–H and O–H groups in total. The molecule has 0 spiro atoms. The third-order valence-electron chi connectivity index (χ3n) is 2.88. The summed E-state index contributed by atoms with van der Waals surface area (Å²) in [4.78, 5) is 0. The van der Waals surface area contributed by atoms with Gasteiger partial charge in [-0.2, -0.15) is 0 Å². The van der Waals surface area contributed by atoms with Crippen LogP contribution in [-0.4, -0.2) is 29.2 Å². The Kier molecular flexibility index (Phi) is 7.66. The summed E-state index contributed by atoms with van der Waals surface area (Å²) < 4.78 is 5.63. The van der Waals surface area contributed by atoms with Crippen molar-refractivity contribution >= 4 is 5.71 Å². The fourth-order valence-electron chi connectivity index (χ4n) is 1.79. The molecular formula is C15H23NO3. The van der Waals surface area contributed by atoms with Crippen molar-refractivity contribution in [2.24, 2.45) is 5.16 Å². The molecule has 1 rings (SSSR count). The molecule has 19 heavy (non-hydrogen) atoms. The first-order chi connectivity index (χ1) is 9.26. The average Bonchev–Trinajstić information content (AvgIpc) is 2.44. The second-order valence-electron chi connectivity index (χ2n) is 4.64. The molecule has 106 valence electrons. The molecule has 0 unspecified atom stereocenters. The van der Waals surface area contributed by atoms with Crippen LogP contribution >= 0.6 is 0 Å². The summed E-state index contributed by atoms with van der Waals surface area (Å²) in [6.45, 7) is 2.78. The molecule has 0 aliphatic carbocycles. The lowest BCUT2D eigenvalue weighted by Crippen LogP contribution is -1.99. The second-order valence-corrected chi connectivity index (χ2v) is 4.64. The Balaban J connectivity index is 2.24. The first kappa shape index (κ1) is 15.5. The predicted molar refractivity (Wildman–Crippen MR) is 76.1 cm³/mol. The third-order valence-corrected chi connectivity index (χ3v) is 2.88. The molecule has 0 saturated heterocycles. The number of benzene rings is 1. The topological polar surface area (TPSA) is 62.0 Å². The summed E-state index contributed by atoms with van der Waals surface area (Å²) in [7, 11) is 0. The first-order valence-corrected chi connectivity index (χ1v) is 6.76. The highest BCUT2D eigenvalue weighted by molar-refractivity contribution is 5.83. The molecule has 4 heteroatoms. The largest absolute Gasteiger partial charge is 0.494 e. The smallest absolute Gasteiger partial charge is 0.119 e. The van der Waals surface area contributed by atoms with Gasteiger partial charge >= 0.3 is 0 Å². The van der Waals surface area contributed by atoms with Crippen molar-refractivity contribution in [2.45, 2.75) is 39.0 Å². The maximum atomic E-state index is 8.65. The number of hydrogen-bond donors (Lipinski definition) is 2. The maximum Gasteiger partial charge on any atom is 0.119 e. The van der Waals surface area contributed by atoms with Crippen molar-refractivity contribution in [3.8, 4) is 5.75 Å². The zero-order chi connectivity index (χ0) is 13.9. The van der Waals surface area contributed by atoms with Crippen molar-refractivity contribution in [3.63, 3.8) is 0 Å². The number of oxime groups is 1. The van der Waals surface area contributed by atoms with E-state index < -0.39 is 0 Å². The van der Waals surface area contributed by atoms with E-state index in [4.69, 9.17) is 15.1 Å². The van der Waals surface area contributed by atoms with Crippen molar-refractivity contribution in [3.05, 3.63) is 29.8 Å². The van der Waals surface area contributed by atoms with Crippen molar-refractivity contribution in [2.75, 3.05) is 13.2 Å². The summed E-state index contributed by atoms with van der Waals surface area (Å²) in [5, 5.41) is 20.4. The molecule has 0 bridgehead atoms. The van der Waals surface area contributed by atoms with Gasteiger partial charge < -0.3 is 15.1 Å². The van der Waals surface area contributed by atoms with E-state index in [-0.39, 0.29) is 6.61 Å². The number of unbranched alkanes of at least 4 members (excludes halogenated alkanes) is 3. The zero-order valence-electron chi connectivity index (χ0n) is 11.5. The van der Waals surface area contributed by atoms with Crippen LogP contribution in [0.15, 0.2) is 29.4 Å². The van der Waals surface area contributed by atoms with E-state index in [0.717, 1.165) is 37.0 Å². The van der Waals surface area contributed by atoms with Gasteiger partial charge in [-0.1, -0.05) is 23.7 Å². The SMILES string of the molecule is C/C(Cc1ccc(OCCCCCCO)cc1)=N/O. The number of ether oxygens (including phenoxy) is 1. The quantitative estimate of drug-likeness (QED) is 0.312. The molecule has 0 aliphatic heterocycles. The van der Waals surface area contributed by atoms with E-state index >= 15 is 0 Å². The van der Waals surface area contributed by atoms with Crippen LogP contribution in [0.3, 0.4) is 0 Å². The second kappa shape index (κ2) is 9.39. The number of rotatable bonds is 9. The van der Waals surface area contributed by atoms with E-state index in [2.05, 4.69) is 5.16 Å². The molecule has 4 nitrogen and oxygen atoms in total. The fourth-order valence-corrected chi connectivity index (χ4v) is 1.79. The maximum absolute atomic E-state index is 8.65.